The van der Waals surface area contributed by atoms with Gasteiger partial charge in [-0.15, -0.1) is 0 Å². The summed E-state index contributed by atoms with van der Waals surface area (Å²) in [5.74, 6) is 0.768. The topological polar surface area (TPSA) is 63.8 Å². The fraction of sp³-hybridized carbons (Fsp3) is 0. The lowest BCUT2D eigenvalue weighted by Crippen LogP contribution is -1.93. The van der Waals surface area contributed by atoms with Gasteiger partial charge < -0.3 is 11.1 Å². The first kappa shape index (κ1) is 8.50. The van der Waals surface area contributed by atoms with Gasteiger partial charge in [-0.3, -0.25) is 0 Å². The summed E-state index contributed by atoms with van der Waals surface area (Å²) in [5, 5.41) is 3.12. The molecular weight excluding hydrogens is 176 g/mol. The first-order valence-electron chi connectivity index (χ1n) is 4.23. The Labute approximate surface area is 81.8 Å². The molecule has 0 saturated carbocycles. The van der Waals surface area contributed by atoms with Gasteiger partial charge in [0, 0.05) is 17.6 Å². The van der Waals surface area contributed by atoms with E-state index in [2.05, 4.69) is 15.3 Å². The molecule has 2 aromatic rings. The number of nitrogens with zero attached hydrogens (tertiary/aromatic N) is 2. The average molecular weight is 186 g/mol. The molecule has 70 valence electrons. The quantitative estimate of drug-likeness (QED) is 0.702. The summed E-state index contributed by atoms with van der Waals surface area (Å²) >= 11 is 0. The van der Waals surface area contributed by atoms with Crippen molar-refractivity contribution in [2.45, 2.75) is 0 Å². The Hall–Kier alpha value is -2.10. The Morgan fingerprint density at radius 1 is 1.07 bits per heavy atom. The van der Waals surface area contributed by atoms with E-state index in [-0.39, 0.29) is 0 Å². The highest BCUT2D eigenvalue weighted by Crippen LogP contribution is 2.14. The minimum atomic E-state index is 0.748. The van der Waals surface area contributed by atoms with Crippen LogP contribution in [0.2, 0.25) is 0 Å². The molecule has 4 nitrogen and oxygen atoms in total. The minimum absolute atomic E-state index is 0.748. The number of benzene rings is 1. The summed E-state index contributed by atoms with van der Waals surface area (Å²) in [4.78, 5) is 7.87. The van der Waals surface area contributed by atoms with E-state index in [1.54, 1.807) is 12.3 Å². The number of nitrogens with two attached hydrogens (primary N) is 1. The summed E-state index contributed by atoms with van der Waals surface area (Å²) in [6.07, 6.45) is 3.19. The predicted octanol–water partition coefficient (Wildman–Crippen LogP) is 1.80. The van der Waals surface area contributed by atoms with Crippen molar-refractivity contribution in [2.24, 2.45) is 0 Å². The molecule has 0 aliphatic rings. The monoisotopic (exact) mass is 186 g/mol. The SMILES string of the molecule is Nc1ccc(Nc2ccncn2)cc1. The van der Waals surface area contributed by atoms with Gasteiger partial charge in [-0.05, 0) is 30.3 Å². The Bertz CT molecular complexity index is 396. The number of nitrogens with one attached hydrogen (secondary N) is 1. The average Bonchev–Trinajstić information content (AvgIpc) is 2.23. The van der Waals surface area contributed by atoms with Crippen molar-refractivity contribution in [3.63, 3.8) is 0 Å². The van der Waals surface area contributed by atoms with E-state index in [0.717, 1.165) is 17.2 Å². The van der Waals surface area contributed by atoms with Crippen LogP contribution in [0, 0.1) is 0 Å². The number of rotatable bonds is 2. The molecule has 0 unspecified atom stereocenters. The van der Waals surface area contributed by atoms with Crippen LogP contribution in [0.3, 0.4) is 0 Å². The van der Waals surface area contributed by atoms with Crippen LogP contribution in [0.25, 0.3) is 0 Å². The van der Waals surface area contributed by atoms with Gasteiger partial charge in [0.05, 0.1) is 0 Å². The van der Waals surface area contributed by atoms with Crippen molar-refractivity contribution in [3.05, 3.63) is 42.9 Å². The molecule has 1 heterocycles. The second kappa shape index (κ2) is 3.74. The molecule has 14 heavy (non-hydrogen) atoms. The molecular formula is C10H10N4. The van der Waals surface area contributed by atoms with Gasteiger partial charge in [0.15, 0.2) is 0 Å². The van der Waals surface area contributed by atoms with Crippen molar-refractivity contribution in [1.82, 2.24) is 9.97 Å². The summed E-state index contributed by atoms with van der Waals surface area (Å²) in [6, 6.07) is 9.28. The van der Waals surface area contributed by atoms with E-state index in [9.17, 15) is 0 Å². The zero-order chi connectivity index (χ0) is 9.80. The van der Waals surface area contributed by atoms with Crippen LogP contribution in [0.4, 0.5) is 17.2 Å². The van der Waals surface area contributed by atoms with Gasteiger partial charge in [-0.2, -0.15) is 0 Å². The zero-order valence-electron chi connectivity index (χ0n) is 7.51. The number of hydrogen-bond donors (Lipinski definition) is 2. The van der Waals surface area contributed by atoms with Gasteiger partial charge in [-0.1, -0.05) is 0 Å². The minimum Gasteiger partial charge on any atom is -0.399 e. The first-order valence-corrected chi connectivity index (χ1v) is 4.23. The van der Waals surface area contributed by atoms with Gasteiger partial charge in [0.1, 0.15) is 12.1 Å². The van der Waals surface area contributed by atoms with Gasteiger partial charge in [0.2, 0.25) is 0 Å². The summed E-state index contributed by atoms with van der Waals surface area (Å²) in [5.41, 5.74) is 7.27. The van der Waals surface area contributed by atoms with Crippen LogP contribution in [-0.2, 0) is 0 Å². The van der Waals surface area contributed by atoms with Crippen LogP contribution in [0.1, 0.15) is 0 Å². The molecule has 0 fully saturated rings. The highest BCUT2D eigenvalue weighted by atomic mass is 15.0. The summed E-state index contributed by atoms with van der Waals surface area (Å²) in [6.45, 7) is 0. The fourth-order valence-corrected chi connectivity index (χ4v) is 1.08. The molecule has 0 aliphatic carbocycles. The lowest BCUT2D eigenvalue weighted by molar-refractivity contribution is 1.17. The van der Waals surface area contributed by atoms with Crippen molar-refractivity contribution in [2.75, 3.05) is 11.1 Å². The predicted molar refractivity (Wildman–Crippen MR) is 56.2 cm³/mol. The normalized spacial score (nSPS) is 9.71. The number of anilines is 3. The highest BCUT2D eigenvalue weighted by Gasteiger charge is 1.93. The smallest absolute Gasteiger partial charge is 0.133 e. The molecule has 1 aromatic carbocycles. The molecule has 3 N–H and O–H groups in total. The zero-order valence-corrected chi connectivity index (χ0v) is 7.51. The summed E-state index contributed by atoms with van der Waals surface area (Å²) < 4.78 is 0. The van der Waals surface area contributed by atoms with Crippen molar-refractivity contribution >= 4 is 17.2 Å². The Kier molecular flexibility index (Phi) is 2.27. The molecule has 0 radical (unpaired) electrons. The fourth-order valence-electron chi connectivity index (χ4n) is 1.08. The Balaban J connectivity index is 2.16. The molecule has 0 saturated heterocycles. The van der Waals surface area contributed by atoms with Gasteiger partial charge in [0.25, 0.3) is 0 Å². The summed E-state index contributed by atoms with van der Waals surface area (Å²) in [7, 11) is 0. The van der Waals surface area contributed by atoms with Crippen molar-refractivity contribution in [1.29, 1.82) is 0 Å². The first-order chi connectivity index (χ1) is 6.84. The van der Waals surface area contributed by atoms with E-state index in [1.165, 1.54) is 6.33 Å². The van der Waals surface area contributed by atoms with E-state index in [1.807, 2.05) is 24.3 Å². The molecule has 4 heteroatoms. The largest absolute Gasteiger partial charge is 0.399 e. The lowest BCUT2D eigenvalue weighted by atomic mass is 10.3. The lowest BCUT2D eigenvalue weighted by Gasteiger charge is -2.04. The van der Waals surface area contributed by atoms with E-state index < -0.39 is 0 Å². The molecule has 0 amide bonds. The van der Waals surface area contributed by atoms with E-state index >= 15 is 0 Å². The third-order valence-corrected chi connectivity index (χ3v) is 1.77. The van der Waals surface area contributed by atoms with Crippen LogP contribution in [-0.4, -0.2) is 9.97 Å². The van der Waals surface area contributed by atoms with Gasteiger partial charge >= 0.3 is 0 Å². The molecule has 1 aromatic heterocycles. The van der Waals surface area contributed by atoms with Gasteiger partial charge in [-0.25, -0.2) is 9.97 Å². The number of aromatic nitrogens is 2. The molecule has 2 rings (SSSR count). The van der Waals surface area contributed by atoms with Crippen molar-refractivity contribution in [3.8, 4) is 0 Å². The van der Waals surface area contributed by atoms with E-state index in [4.69, 9.17) is 5.73 Å². The second-order valence-corrected chi connectivity index (χ2v) is 2.84. The number of hydrogen-bond acceptors (Lipinski definition) is 4. The molecule has 0 aliphatic heterocycles. The standard InChI is InChI=1S/C10H10N4/c11-8-1-3-9(4-2-8)14-10-5-6-12-7-13-10/h1-7H,11H2,(H,12,13,14). The maximum absolute atomic E-state index is 5.57. The number of nitrogen functional groups attached to an aromatic ring is 1. The van der Waals surface area contributed by atoms with Crippen molar-refractivity contribution < 1.29 is 0 Å². The third kappa shape index (κ3) is 1.98. The van der Waals surface area contributed by atoms with Crippen LogP contribution < -0.4 is 11.1 Å². The molecule has 0 bridgehead atoms. The third-order valence-electron chi connectivity index (χ3n) is 1.77. The second-order valence-electron chi connectivity index (χ2n) is 2.84. The van der Waals surface area contributed by atoms with E-state index in [0.29, 0.717) is 0 Å². The highest BCUT2D eigenvalue weighted by molar-refractivity contribution is 5.58. The molecule has 0 spiro atoms. The maximum Gasteiger partial charge on any atom is 0.133 e. The maximum atomic E-state index is 5.57. The van der Waals surface area contributed by atoms with Crippen LogP contribution in [0.5, 0.6) is 0 Å². The Morgan fingerprint density at radius 3 is 2.50 bits per heavy atom. The Morgan fingerprint density at radius 2 is 1.86 bits per heavy atom. The molecule has 0 atom stereocenters. The van der Waals surface area contributed by atoms with Crippen LogP contribution >= 0.6 is 0 Å². The van der Waals surface area contributed by atoms with Crippen LogP contribution in [0.15, 0.2) is 42.9 Å².